The van der Waals surface area contributed by atoms with E-state index in [1.807, 2.05) is 52.0 Å². The molecule has 2 rings (SSSR count). The van der Waals surface area contributed by atoms with Crippen LogP contribution in [0.5, 0.6) is 11.5 Å². The number of ether oxygens (including phenoxy) is 2. The first-order chi connectivity index (χ1) is 11.3. The first-order valence-corrected chi connectivity index (χ1v) is 7.61. The van der Waals surface area contributed by atoms with Gasteiger partial charge in [-0.3, -0.25) is 0 Å². The molecule has 0 N–H and O–H groups in total. The highest BCUT2D eigenvalue weighted by Crippen LogP contribution is 2.20. The average molecular weight is 324 g/mol. The Labute approximate surface area is 141 Å². The smallest absolute Gasteiger partial charge is 0.336 e. The lowest BCUT2D eigenvalue weighted by molar-refractivity contribution is -0.131. The Bertz CT molecular complexity index is 736. The van der Waals surface area contributed by atoms with E-state index in [4.69, 9.17) is 9.47 Å². The Kier molecular flexibility index (Phi) is 5.53. The lowest BCUT2D eigenvalue weighted by atomic mass is 10.1. The lowest BCUT2D eigenvalue weighted by Crippen LogP contribution is -2.09. The summed E-state index contributed by atoms with van der Waals surface area (Å²) in [6.45, 7) is 7.52. The van der Waals surface area contributed by atoms with Crippen LogP contribution in [0.1, 0.15) is 22.3 Å². The van der Waals surface area contributed by atoms with Gasteiger partial charge in [0.05, 0.1) is 0 Å². The number of aryl methyl sites for hydroxylation is 4. The first kappa shape index (κ1) is 17.5. The highest BCUT2D eigenvalue weighted by atomic mass is 16.5. The molecule has 0 aliphatic heterocycles. The van der Waals surface area contributed by atoms with Gasteiger partial charge in [-0.15, -0.1) is 0 Å². The van der Waals surface area contributed by atoms with E-state index in [9.17, 15) is 9.59 Å². The Balaban J connectivity index is 1.99. The van der Waals surface area contributed by atoms with E-state index >= 15 is 0 Å². The van der Waals surface area contributed by atoms with E-state index in [1.54, 1.807) is 12.1 Å². The van der Waals surface area contributed by atoms with Crippen molar-refractivity contribution in [3.05, 3.63) is 70.8 Å². The van der Waals surface area contributed by atoms with Gasteiger partial charge in [0.25, 0.3) is 0 Å². The molecule has 24 heavy (non-hydrogen) atoms. The van der Waals surface area contributed by atoms with Crippen LogP contribution in [0.4, 0.5) is 0 Å². The van der Waals surface area contributed by atoms with Crippen molar-refractivity contribution in [3.8, 4) is 11.5 Å². The molecule has 0 bridgehead atoms. The van der Waals surface area contributed by atoms with Gasteiger partial charge in [0.1, 0.15) is 11.5 Å². The molecule has 2 aromatic rings. The van der Waals surface area contributed by atoms with E-state index < -0.39 is 11.9 Å². The molecule has 0 heterocycles. The van der Waals surface area contributed by atoms with E-state index in [0.717, 1.165) is 34.4 Å². The van der Waals surface area contributed by atoms with Crippen molar-refractivity contribution in [3.63, 3.8) is 0 Å². The van der Waals surface area contributed by atoms with Gasteiger partial charge in [-0.1, -0.05) is 24.3 Å². The second kappa shape index (κ2) is 7.59. The van der Waals surface area contributed by atoms with Crippen molar-refractivity contribution in [2.24, 2.45) is 0 Å². The SMILES string of the molecule is Cc1ccc(C)c(OC(=O)C=CC(=O)Oc2cc(C)ccc2C)c1. The number of hydrogen-bond donors (Lipinski definition) is 0. The maximum atomic E-state index is 11.8. The summed E-state index contributed by atoms with van der Waals surface area (Å²) in [7, 11) is 0. The van der Waals surface area contributed by atoms with Crippen molar-refractivity contribution in [2.45, 2.75) is 27.7 Å². The van der Waals surface area contributed by atoms with Crippen molar-refractivity contribution < 1.29 is 19.1 Å². The van der Waals surface area contributed by atoms with Crippen molar-refractivity contribution >= 4 is 11.9 Å². The summed E-state index contributed by atoms with van der Waals surface area (Å²) in [6.07, 6.45) is 2.13. The molecule has 0 spiro atoms. The maximum absolute atomic E-state index is 11.8. The lowest BCUT2D eigenvalue weighted by Gasteiger charge is -2.07. The maximum Gasteiger partial charge on any atom is 0.336 e. The molecule has 0 saturated heterocycles. The van der Waals surface area contributed by atoms with Crippen LogP contribution in [-0.2, 0) is 9.59 Å². The van der Waals surface area contributed by atoms with E-state index in [2.05, 4.69) is 0 Å². The monoisotopic (exact) mass is 324 g/mol. The molecule has 0 amide bonds. The summed E-state index contributed by atoms with van der Waals surface area (Å²) in [5, 5.41) is 0. The normalized spacial score (nSPS) is 10.7. The molecule has 0 atom stereocenters. The van der Waals surface area contributed by atoms with Gasteiger partial charge in [-0.2, -0.15) is 0 Å². The number of carbonyl (C=O) groups excluding carboxylic acids is 2. The third-order valence-corrected chi connectivity index (χ3v) is 3.46. The molecular weight excluding hydrogens is 304 g/mol. The molecule has 0 radical (unpaired) electrons. The quantitative estimate of drug-likeness (QED) is 0.485. The van der Waals surface area contributed by atoms with Gasteiger partial charge >= 0.3 is 11.9 Å². The first-order valence-electron chi connectivity index (χ1n) is 7.61. The molecule has 0 unspecified atom stereocenters. The van der Waals surface area contributed by atoms with Crippen molar-refractivity contribution in [2.75, 3.05) is 0 Å². The van der Waals surface area contributed by atoms with Crippen LogP contribution >= 0.6 is 0 Å². The van der Waals surface area contributed by atoms with Gasteiger partial charge in [0, 0.05) is 12.2 Å². The minimum Gasteiger partial charge on any atom is -0.423 e. The fourth-order valence-electron chi connectivity index (χ4n) is 2.06. The topological polar surface area (TPSA) is 52.6 Å². The fraction of sp³-hybridized carbons (Fsp3) is 0.200. The number of rotatable bonds is 4. The Morgan fingerprint density at radius 2 is 1.08 bits per heavy atom. The van der Waals surface area contributed by atoms with Crippen molar-refractivity contribution in [1.29, 1.82) is 0 Å². The van der Waals surface area contributed by atoms with Gasteiger partial charge in [0.15, 0.2) is 0 Å². The Morgan fingerprint density at radius 1 is 0.708 bits per heavy atom. The predicted octanol–water partition coefficient (Wildman–Crippen LogP) is 3.99. The van der Waals surface area contributed by atoms with Crippen LogP contribution in [0.2, 0.25) is 0 Å². The largest absolute Gasteiger partial charge is 0.423 e. The summed E-state index contributed by atoms with van der Waals surface area (Å²) in [5.41, 5.74) is 3.67. The number of benzene rings is 2. The van der Waals surface area contributed by atoms with E-state index in [0.29, 0.717) is 11.5 Å². The molecule has 4 nitrogen and oxygen atoms in total. The summed E-state index contributed by atoms with van der Waals surface area (Å²) < 4.78 is 10.5. The van der Waals surface area contributed by atoms with Gasteiger partial charge in [0.2, 0.25) is 0 Å². The summed E-state index contributed by atoms with van der Waals surface area (Å²) >= 11 is 0. The highest BCUT2D eigenvalue weighted by molar-refractivity contribution is 5.93. The zero-order valence-electron chi connectivity index (χ0n) is 14.3. The second-order valence-electron chi connectivity index (χ2n) is 5.71. The molecule has 124 valence electrons. The van der Waals surface area contributed by atoms with Crippen LogP contribution in [-0.4, -0.2) is 11.9 Å². The molecule has 0 aliphatic rings. The molecule has 0 fully saturated rings. The Morgan fingerprint density at radius 3 is 1.46 bits per heavy atom. The molecule has 2 aromatic carbocycles. The highest BCUT2D eigenvalue weighted by Gasteiger charge is 2.08. The third-order valence-electron chi connectivity index (χ3n) is 3.46. The molecule has 4 heteroatoms. The van der Waals surface area contributed by atoms with Crippen LogP contribution < -0.4 is 9.47 Å². The average Bonchev–Trinajstić information content (AvgIpc) is 2.52. The van der Waals surface area contributed by atoms with Crippen LogP contribution in [0.25, 0.3) is 0 Å². The molecular formula is C20H20O4. The fourth-order valence-corrected chi connectivity index (χ4v) is 2.06. The summed E-state index contributed by atoms with van der Waals surface area (Å²) in [5.74, 6) is -0.289. The Hall–Kier alpha value is -2.88. The third kappa shape index (κ3) is 4.81. The van der Waals surface area contributed by atoms with Crippen LogP contribution in [0.15, 0.2) is 48.6 Å². The predicted molar refractivity (Wildman–Crippen MR) is 92.2 cm³/mol. The van der Waals surface area contributed by atoms with Crippen LogP contribution in [0, 0.1) is 27.7 Å². The molecule has 0 aliphatic carbocycles. The number of hydrogen-bond acceptors (Lipinski definition) is 4. The van der Waals surface area contributed by atoms with Gasteiger partial charge < -0.3 is 9.47 Å². The minimum absolute atomic E-state index is 0.479. The van der Waals surface area contributed by atoms with Crippen LogP contribution in [0.3, 0.4) is 0 Å². The summed E-state index contributed by atoms with van der Waals surface area (Å²) in [6, 6.07) is 11.2. The zero-order chi connectivity index (χ0) is 17.7. The van der Waals surface area contributed by atoms with Gasteiger partial charge in [-0.25, -0.2) is 9.59 Å². The zero-order valence-corrected chi connectivity index (χ0v) is 14.3. The second-order valence-corrected chi connectivity index (χ2v) is 5.71. The van der Waals surface area contributed by atoms with Gasteiger partial charge in [-0.05, 0) is 62.1 Å². The standard InChI is InChI=1S/C20H20O4/c1-13-5-7-15(3)17(11-13)23-19(21)9-10-20(22)24-18-12-14(2)6-8-16(18)4/h5-12H,1-4H3. The molecule has 0 saturated carbocycles. The number of esters is 2. The minimum atomic E-state index is -0.624. The van der Waals surface area contributed by atoms with E-state index in [-0.39, 0.29) is 0 Å². The number of carbonyl (C=O) groups is 2. The summed E-state index contributed by atoms with van der Waals surface area (Å²) in [4.78, 5) is 23.7. The van der Waals surface area contributed by atoms with E-state index in [1.165, 1.54) is 0 Å². The van der Waals surface area contributed by atoms with Crippen molar-refractivity contribution in [1.82, 2.24) is 0 Å². The molecule has 0 aromatic heterocycles.